The van der Waals surface area contributed by atoms with Crippen molar-refractivity contribution in [2.45, 2.75) is 45.1 Å². The lowest BCUT2D eigenvalue weighted by molar-refractivity contribution is 0.337. The maximum absolute atomic E-state index is 4.63. The van der Waals surface area contributed by atoms with Gasteiger partial charge in [0.25, 0.3) is 0 Å². The minimum Gasteiger partial charge on any atom is -0.373 e. The van der Waals surface area contributed by atoms with Crippen LogP contribution in [0.15, 0.2) is 6.07 Å². The van der Waals surface area contributed by atoms with Crippen molar-refractivity contribution in [2.24, 2.45) is 0 Å². The molecule has 1 aliphatic carbocycles. The smallest absolute Gasteiger partial charge is 0.138 e. The van der Waals surface area contributed by atoms with Gasteiger partial charge in [-0.3, -0.25) is 0 Å². The van der Waals surface area contributed by atoms with Crippen molar-refractivity contribution < 1.29 is 0 Å². The minimum absolute atomic E-state index is 0.0475. The average Bonchev–Trinajstić information content (AvgIpc) is 3.21. The molecule has 0 bridgehead atoms. The molecule has 5 heteroatoms. The first kappa shape index (κ1) is 15.0. The second kappa shape index (κ2) is 5.95. The molecule has 5 nitrogen and oxygen atoms in total. The van der Waals surface area contributed by atoms with Gasteiger partial charge in [0.05, 0.1) is 0 Å². The summed E-state index contributed by atoms with van der Waals surface area (Å²) in [5.41, 5.74) is -0.0475. The van der Waals surface area contributed by atoms with Crippen molar-refractivity contribution in [3.05, 3.63) is 11.9 Å². The number of nitrogens with one attached hydrogen (secondary N) is 2. The number of hydrogen-bond donors (Lipinski definition) is 2. The van der Waals surface area contributed by atoms with Crippen LogP contribution in [0.4, 0.5) is 11.6 Å². The van der Waals surface area contributed by atoms with Gasteiger partial charge in [-0.1, -0.05) is 20.8 Å². The molecule has 0 radical (unpaired) electrons. The molecule has 20 heavy (non-hydrogen) atoms. The number of likely N-dealkylation sites (N-methyl/N-ethyl adjacent to an activating group) is 1. The third kappa shape index (κ3) is 4.07. The molecule has 0 aromatic carbocycles. The second-order valence-electron chi connectivity index (χ2n) is 6.60. The SMILES string of the molecule is CNc1cc(NCCN(C)C2CC2)nc(C(C)(C)C)n1. The van der Waals surface area contributed by atoms with E-state index in [1.54, 1.807) is 0 Å². The molecule has 2 N–H and O–H groups in total. The zero-order valence-corrected chi connectivity index (χ0v) is 13.3. The van der Waals surface area contributed by atoms with Crippen LogP contribution in [0.2, 0.25) is 0 Å². The van der Waals surface area contributed by atoms with Crippen LogP contribution in [-0.4, -0.2) is 48.1 Å². The average molecular weight is 277 g/mol. The molecule has 1 aromatic heterocycles. The molecule has 1 aromatic rings. The fourth-order valence-corrected chi connectivity index (χ4v) is 2.06. The lowest BCUT2D eigenvalue weighted by atomic mass is 9.96. The fraction of sp³-hybridized carbons (Fsp3) is 0.733. The Kier molecular flexibility index (Phi) is 4.48. The highest BCUT2D eigenvalue weighted by Crippen LogP contribution is 2.25. The largest absolute Gasteiger partial charge is 0.373 e. The quantitative estimate of drug-likeness (QED) is 0.836. The van der Waals surface area contributed by atoms with E-state index in [1.807, 2.05) is 13.1 Å². The van der Waals surface area contributed by atoms with Gasteiger partial charge in [-0.2, -0.15) is 0 Å². The van der Waals surface area contributed by atoms with Crippen molar-refractivity contribution in [3.8, 4) is 0 Å². The summed E-state index contributed by atoms with van der Waals surface area (Å²) in [6.45, 7) is 8.36. The fourth-order valence-electron chi connectivity index (χ4n) is 2.06. The van der Waals surface area contributed by atoms with Crippen LogP contribution in [0.1, 0.15) is 39.4 Å². The van der Waals surface area contributed by atoms with E-state index < -0.39 is 0 Å². The van der Waals surface area contributed by atoms with Crippen molar-refractivity contribution in [1.29, 1.82) is 0 Å². The normalized spacial score (nSPS) is 15.5. The molecule has 1 heterocycles. The summed E-state index contributed by atoms with van der Waals surface area (Å²) in [4.78, 5) is 11.6. The van der Waals surface area contributed by atoms with Crippen LogP contribution >= 0.6 is 0 Å². The number of anilines is 2. The first-order valence-corrected chi connectivity index (χ1v) is 7.41. The summed E-state index contributed by atoms with van der Waals surface area (Å²) < 4.78 is 0. The number of rotatable bonds is 6. The predicted molar refractivity (Wildman–Crippen MR) is 84.4 cm³/mol. The van der Waals surface area contributed by atoms with E-state index in [0.29, 0.717) is 0 Å². The zero-order valence-electron chi connectivity index (χ0n) is 13.3. The van der Waals surface area contributed by atoms with E-state index >= 15 is 0 Å². The molecule has 112 valence electrons. The molecular formula is C15H27N5. The molecule has 1 aliphatic rings. The van der Waals surface area contributed by atoms with Crippen LogP contribution in [0.3, 0.4) is 0 Å². The van der Waals surface area contributed by atoms with Gasteiger partial charge in [-0.05, 0) is 19.9 Å². The summed E-state index contributed by atoms with van der Waals surface area (Å²) in [6, 6.07) is 2.77. The van der Waals surface area contributed by atoms with Gasteiger partial charge in [0, 0.05) is 37.7 Å². The van der Waals surface area contributed by atoms with Gasteiger partial charge < -0.3 is 15.5 Å². The summed E-state index contributed by atoms with van der Waals surface area (Å²) in [7, 11) is 4.08. The summed E-state index contributed by atoms with van der Waals surface area (Å²) >= 11 is 0. The zero-order chi connectivity index (χ0) is 14.8. The lowest BCUT2D eigenvalue weighted by Gasteiger charge is -2.20. The Balaban J connectivity index is 1.98. The van der Waals surface area contributed by atoms with Gasteiger partial charge in [-0.25, -0.2) is 9.97 Å². The van der Waals surface area contributed by atoms with Gasteiger partial charge in [0.1, 0.15) is 17.5 Å². The topological polar surface area (TPSA) is 53.1 Å². The molecule has 0 saturated heterocycles. The molecule has 0 atom stereocenters. The van der Waals surface area contributed by atoms with Crippen molar-refractivity contribution in [3.63, 3.8) is 0 Å². The summed E-state index contributed by atoms with van der Waals surface area (Å²) in [5, 5.41) is 6.52. The van der Waals surface area contributed by atoms with E-state index in [1.165, 1.54) is 12.8 Å². The third-order valence-electron chi connectivity index (χ3n) is 3.59. The van der Waals surface area contributed by atoms with Gasteiger partial charge in [0.15, 0.2) is 0 Å². The van der Waals surface area contributed by atoms with Crippen molar-refractivity contribution in [2.75, 3.05) is 37.8 Å². The van der Waals surface area contributed by atoms with Crippen LogP contribution in [-0.2, 0) is 5.41 Å². The maximum atomic E-state index is 4.63. The molecule has 0 unspecified atom stereocenters. The Bertz CT molecular complexity index is 448. The Morgan fingerprint density at radius 1 is 1.25 bits per heavy atom. The molecule has 0 spiro atoms. The number of hydrogen-bond acceptors (Lipinski definition) is 5. The third-order valence-corrected chi connectivity index (χ3v) is 3.59. The molecule has 1 fully saturated rings. The maximum Gasteiger partial charge on any atom is 0.138 e. The van der Waals surface area contributed by atoms with Crippen LogP contribution in [0.25, 0.3) is 0 Å². The van der Waals surface area contributed by atoms with Gasteiger partial charge >= 0.3 is 0 Å². The second-order valence-corrected chi connectivity index (χ2v) is 6.60. The van der Waals surface area contributed by atoms with E-state index in [-0.39, 0.29) is 5.41 Å². The molecular weight excluding hydrogens is 250 g/mol. The van der Waals surface area contributed by atoms with E-state index in [0.717, 1.165) is 36.6 Å². The van der Waals surface area contributed by atoms with E-state index in [4.69, 9.17) is 0 Å². The molecule has 1 saturated carbocycles. The monoisotopic (exact) mass is 277 g/mol. The first-order chi connectivity index (χ1) is 9.40. The van der Waals surface area contributed by atoms with Crippen LogP contribution in [0, 0.1) is 0 Å². The summed E-state index contributed by atoms with van der Waals surface area (Å²) in [5.74, 6) is 2.63. The highest BCUT2D eigenvalue weighted by molar-refractivity contribution is 5.47. The predicted octanol–water partition coefficient (Wildman–Crippen LogP) is 2.32. The van der Waals surface area contributed by atoms with Gasteiger partial charge in [-0.15, -0.1) is 0 Å². The first-order valence-electron chi connectivity index (χ1n) is 7.41. The van der Waals surface area contributed by atoms with Crippen molar-refractivity contribution in [1.82, 2.24) is 14.9 Å². The lowest BCUT2D eigenvalue weighted by Crippen LogP contribution is -2.27. The Morgan fingerprint density at radius 3 is 2.45 bits per heavy atom. The Hall–Kier alpha value is -1.36. The Labute approximate surface area is 122 Å². The number of aromatic nitrogens is 2. The van der Waals surface area contributed by atoms with Crippen LogP contribution in [0.5, 0.6) is 0 Å². The minimum atomic E-state index is -0.0475. The van der Waals surface area contributed by atoms with Crippen LogP contribution < -0.4 is 10.6 Å². The summed E-state index contributed by atoms with van der Waals surface area (Å²) in [6.07, 6.45) is 2.70. The highest BCUT2D eigenvalue weighted by Gasteiger charge is 2.25. The van der Waals surface area contributed by atoms with E-state index in [9.17, 15) is 0 Å². The molecule has 2 rings (SSSR count). The standard InChI is InChI=1S/C15H27N5/c1-15(2,3)14-18-12(16-4)10-13(19-14)17-8-9-20(5)11-6-7-11/h10-11H,6-9H2,1-5H3,(H2,16,17,18,19). The van der Waals surface area contributed by atoms with Crippen molar-refractivity contribution >= 4 is 11.6 Å². The Morgan fingerprint density at radius 2 is 1.90 bits per heavy atom. The number of nitrogens with zero attached hydrogens (tertiary/aromatic N) is 3. The van der Waals surface area contributed by atoms with E-state index in [2.05, 4.69) is 53.3 Å². The highest BCUT2D eigenvalue weighted by atomic mass is 15.2. The van der Waals surface area contributed by atoms with Gasteiger partial charge in [0.2, 0.25) is 0 Å². The molecule has 0 amide bonds. The molecule has 0 aliphatic heterocycles.